The van der Waals surface area contributed by atoms with Gasteiger partial charge in [0.1, 0.15) is 5.82 Å². The summed E-state index contributed by atoms with van der Waals surface area (Å²) in [6.45, 7) is 0. The van der Waals surface area contributed by atoms with Gasteiger partial charge >= 0.3 is 0 Å². The van der Waals surface area contributed by atoms with E-state index in [1.807, 2.05) is 35.7 Å². The third-order valence-electron chi connectivity index (χ3n) is 10.0. The van der Waals surface area contributed by atoms with E-state index in [-0.39, 0.29) is 0 Å². The Bertz CT molecular complexity index is 3140. The molecule has 0 fully saturated rings. The molecule has 5 heterocycles. The van der Waals surface area contributed by atoms with Gasteiger partial charge in [0.25, 0.3) is 0 Å². The summed E-state index contributed by atoms with van der Waals surface area (Å²) in [5, 5.41) is 7.13. The molecule has 0 saturated heterocycles. The zero-order valence-corrected chi connectivity index (χ0v) is 28.0. The maximum Gasteiger partial charge on any atom is 0.235 e. The van der Waals surface area contributed by atoms with Crippen LogP contribution in [0.4, 0.5) is 0 Å². The number of benzene rings is 6. The number of pyridine rings is 1. The summed E-state index contributed by atoms with van der Waals surface area (Å²) in [6, 6.07) is 55.6. The van der Waals surface area contributed by atoms with Gasteiger partial charge in [-0.25, -0.2) is 15.0 Å². The van der Waals surface area contributed by atoms with E-state index in [9.17, 15) is 0 Å². The molecule has 238 valence electrons. The molecule has 0 aliphatic heterocycles. The van der Waals surface area contributed by atoms with Crippen molar-refractivity contribution in [3.8, 4) is 34.3 Å². The second-order valence-electron chi connectivity index (χ2n) is 12.9. The van der Waals surface area contributed by atoms with Crippen molar-refractivity contribution in [2.75, 3.05) is 0 Å². The lowest BCUT2D eigenvalue weighted by Gasteiger charge is -2.13. The predicted octanol–water partition coefficient (Wildman–Crippen LogP) is 11.8. The van der Waals surface area contributed by atoms with Gasteiger partial charge < -0.3 is 0 Å². The molecule has 0 saturated carbocycles. The van der Waals surface area contributed by atoms with E-state index in [0.29, 0.717) is 5.95 Å². The lowest BCUT2D eigenvalue weighted by Crippen LogP contribution is -2.05. The van der Waals surface area contributed by atoms with Crippen molar-refractivity contribution in [1.29, 1.82) is 0 Å². The summed E-state index contributed by atoms with van der Waals surface area (Å²) in [5.74, 6) is 1.49. The van der Waals surface area contributed by atoms with Gasteiger partial charge in [0.05, 0.1) is 33.5 Å². The highest BCUT2D eigenvalue weighted by molar-refractivity contribution is 7.25. The van der Waals surface area contributed by atoms with E-state index >= 15 is 0 Å². The van der Waals surface area contributed by atoms with Gasteiger partial charge in [-0.15, -0.1) is 11.3 Å². The average molecular weight is 670 g/mol. The van der Waals surface area contributed by atoms with Gasteiger partial charge in [-0.1, -0.05) is 109 Å². The van der Waals surface area contributed by atoms with Gasteiger partial charge in [-0.2, -0.15) is 0 Å². The molecule has 0 atom stereocenters. The van der Waals surface area contributed by atoms with Crippen LogP contribution in [-0.4, -0.2) is 24.1 Å². The minimum Gasteiger partial charge on any atom is -0.292 e. The topological polar surface area (TPSA) is 48.5 Å². The van der Waals surface area contributed by atoms with Gasteiger partial charge in [0.2, 0.25) is 5.95 Å². The van der Waals surface area contributed by atoms with E-state index in [1.54, 1.807) is 0 Å². The third-order valence-corrected chi connectivity index (χ3v) is 11.2. The molecule has 11 rings (SSSR count). The van der Waals surface area contributed by atoms with Crippen LogP contribution in [0.2, 0.25) is 0 Å². The number of thiophene rings is 1. The third kappa shape index (κ3) is 4.24. The number of hydrogen-bond donors (Lipinski definition) is 0. The molecule has 0 aliphatic carbocycles. The Morgan fingerprint density at radius 2 is 1.02 bits per heavy atom. The maximum absolute atomic E-state index is 5.44. The Morgan fingerprint density at radius 1 is 0.412 bits per heavy atom. The van der Waals surface area contributed by atoms with Crippen LogP contribution in [0.25, 0.3) is 98.1 Å². The molecule has 6 aromatic carbocycles. The van der Waals surface area contributed by atoms with Crippen LogP contribution < -0.4 is 0 Å². The monoisotopic (exact) mass is 669 g/mol. The summed E-state index contributed by atoms with van der Waals surface area (Å²) in [4.78, 5) is 15.7. The quantitative estimate of drug-likeness (QED) is 0.187. The number of fused-ring (bicyclic) bond motifs is 10. The first-order chi connectivity index (χ1) is 25.3. The molecule has 5 nitrogen and oxygen atoms in total. The molecule has 0 aliphatic rings. The Kier molecular flexibility index (Phi) is 6.05. The molecule has 0 bridgehead atoms. The maximum atomic E-state index is 5.44. The largest absolute Gasteiger partial charge is 0.292 e. The minimum absolute atomic E-state index is 0.623. The molecule has 0 unspecified atom stereocenters. The van der Waals surface area contributed by atoms with Crippen molar-refractivity contribution < 1.29 is 0 Å². The fourth-order valence-electron chi connectivity index (χ4n) is 7.76. The number of aromatic nitrogens is 5. The smallest absolute Gasteiger partial charge is 0.235 e. The Labute approximate surface area is 296 Å². The van der Waals surface area contributed by atoms with Crippen molar-refractivity contribution in [1.82, 2.24) is 24.1 Å². The van der Waals surface area contributed by atoms with Crippen LogP contribution in [0.3, 0.4) is 0 Å². The first-order valence-electron chi connectivity index (χ1n) is 17.0. The van der Waals surface area contributed by atoms with Crippen molar-refractivity contribution in [2.45, 2.75) is 0 Å². The number of rotatable bonds is 4. The summed E-state index contributed by atoms with van der Waals surface area (Å²) >= 11 is 1.83. The predicted molar refractivity (Wildman–Crippen MR) is 212 cm³/mol. The highest BCUT2D eigenvalue weighted by Gasteiger charge is 2.23. The molecule has 0 N–H and O–H groups in total. The van der Waals surface area contributed by atoms with Crippen molar-refractivity contribution in [3.63, 3.8) is 0 Å². The van der Waals surface area contributed by atoms with Gasteiger partial charge in [0, 0.05) is 59.0 Å². The van der Waals surface area contributed by atoms with Gasteiger partial charge in [-0.3, -0.25) is 9.13 Å². The summed E-state index contributed by atoms with van der Waals surface area (Å²) in [6.07, 6.45) is 1.86. The van der Waals surface area contributed by atoms with Crippen LogP contribution in [0.1, 0.15) is 0 Å². The lowest BCUT2D eigenvalue weighted by molar-refractivity contribution is 0.993. The van der Waals surface area contributed by atoms with Crippen LogP contribution in [0.15, 0.2) is 164 Å². The molecular weight excluding hydrogens is 643 g/mol. The molecule has 0 radical (unpaired) electrons. The highest BCUT2D eigenvalue weighted by Crippen LogP contribution is 2.42. The first-order valence-corrected chi connectivity index (χ1v) is 17.9. The van der Waals surface area contributed by atoms with Gasteiger partial charge in [0.15, 0.2) is 0 Å². The highest BCUT2D eigenvalue weighted by atomic mass is 32.1. The lowest BCUT2D eigenvalue weighted by atomic mass is 10.0. The SMILES string of the molecule is c1ccc(-c2cc(-c3ccc4sc5ccccc5c4c3)nc(-n3c4ccccc4c4ccc5c6ccccc6n(-c6ccccn6)c5c43)n2)cc1. The number of para-hydroxylation sites is 2. The Morgan fingerprint density at radius 3 is 1.76 bits per heavy atom. The standard InChI is InChI=1S/C45H27N5S/c1-2-12-28(13-3-1)36-27-37(29-21-24-41-35(26-29)32-16-6-9-19-40(32)51-41)48-45(47-36)50-39-18-8-5-15-31(39)34-23-22-33-30-14-4-7-17-38(30)49(43(33)44(34)50)42-20-10-11-25-46-42/h1-27H. The van der Waals surface area contributed by atoms with E-state index in [0.717, 1.165) is 66.6 Å². The van der Waals surface area contributed by atoms with Crippen LogP contribution in [0, 0.1) is 0 Å². The second kappa shape index (κ2) is 10.9. The Balaban J connectivity index is 1.28. The fraction of sp³-hybridized carbons (Fsp3) is 0. The van der Waals surface area contributed by atoms with Crippen LogP contribution in [0.5, 0.6) is 0 Å². The molecule has 6 heteroatoms. The molecule has 5 aromatic heterocycles. The van der Waals surface area contributed by atoms with Crippen LogP contribution >= 0.6 is 11.3 Å². The van der Waals surface area contributed by atoms with Crippen molar-refractivity contribution in [2.24, 2.45) is 0 Å². The molecule has 0 spiro atoms. The minimum atomic E-state index is 0.623. The van der Waals surface area contributed by atoms with Crippen molar-refractivity contribution >= 4 is 75.1 Å². The molecule has 0 amide bonds. The Hall–Kier alpha value is -6.63. The van der Waals surface area contributed by atoms with E-state index in [4.69, 9.17) is 15.0 Å². The molecular formula is C45H27N5S. The first kappa shape index (κ1) is 28.2. The summed E-state index contributed by atoms with van der Waals surface area (Å²) in [5.41, 5.74) is 8.11. The normalized spacial score (nSPS) is 11.9. The molecule has 51 heavy (non-hydrogen) atoms. The zero-order valence-electron chi connectivity index (χ0n) is 27.2. The number of hydrogen-bond acceptors (Lipinski definition) is 4. The van der Waals surface area contributed by atoms with Crippen molar-refractivity contribution in [3.05, 3.63) is 164 Å². The van der Waals surface area contributed by atoms with Crippen LogP contribution in [-0.2, 0) is 0 Å². The van der Waals surface area contributed by atoms with E-state index in [1.165, 1.54) is 25.6 Å². The summed E-state index contributed by atoms with van der Waals surface area (Å²) in [7, 11) is 0. The van der Waals surface area contributed by atoms with E-state index in [2.05, 4.69) is 149 Å². The molecule has 11 aromatic rings. The average Bonchev–Trinajstić information content (AvgIpc) is 3.86. The van der Waals surface area contributed by atoms with E-state index < -0.39 is 0 Å². The number of nitrogens with zero attached hydrogens (tertiary/aromatic N) is 5. The summed E-state index contributed by atoms with van der Waals surface area (Å²) < 4.78 is 7.11. The van der Waals surface area contributed by atoms with Gasteiger partial charge in [-0.05, 0) is 48.5 Å². The second-order valence-corrected chi connectivity index (χ2v) is 13.9. The zero-order chi connectivity index (χ0) is 33.5. The fourth-order valence-corrected chi connectivity index (χ4v) is 8.84.